The van der Waals surface area contributed by atoms with Crippen molar-refractivity contribution in [2.75, 3.05) is 18.4 Å². The van der Waals surface area contributed by atoms with Gasteiger partial charge in [-0.15, -0.1) is 11.3 Å². The summed E-state index contributed by atoms with van der Waals surface area (Å²) in [7, 11) is 0. The Hall–Kier alpha value is -3.07. The molecule has 2 amide bonds. The van der Waals surface area contributed by atoms with Gasteiger partial charge in [-0.3, -0.25) is 9.59 Å². The van der Waals surface area contributed by atoms with Gasteiger partial charge in [0.15, 0.2) is 0 Å². The molecule has 0 saturated carbocycles. The number of amides is 2. The maximum absolute atomic E-state index is 13.8. The SMILES string of the molecule is CCN(CC(=O)Nc1c(F)cccc1F)C(=O)Cn1c(C)cc(-c2csc(C)n2)c1C. The highest BCUT2D eigenvalue weighted by Gasteiger charge is 2.21. The van der Waals surface area contributed by atoms with Crippen molar-refractivity contribution in [1.82, 2.24) is 14.5 Å². The lowest BCUT2D eigenvalue weighted by molar-refractivity contribution is -0.135. The third kappa shape index (κ3) is 4.99. The minimum Gasteiger partial charge on any atom is -0.339 e. The summed E-state index contributed by atoms with van der Waals surface area (Å²) in [5, 5.41) is 5.16. The fourth-order valence-corrected chi connectivity index (χ4v) is 3.98. The second-order valence-corrected chi connectivity index (χ2v) is 8.24. The highest BCUT2D eigenvalue weighted by atomic mass is 32.1. The standard InChI is InChI=1S/C22H24F2N4O2S/c1-5-27(10-20(29)26-22-17(23)7-6-8-18(22)24)21(30)11-28-13(2)9-16(14(28)3)19-12-31-15(4)25-19/h6-9,12H,5,10-11H2,1-4H3,(H,26,29). The first-order valence-corrected chi connectivity index (χ1v) is 10.7. The van der Waals surface area contributed by atoms with Crippen LogP contribution in [-0.2, 0) is 16.1 Å². The van der Waals surface area contributed by atoms with E-state index < -0.39 is 23.2 Å². The third-order valence-corrected chi connectivity index (χ3v) is 5.83. The molecule has 0 atom stereocenters. The van der Waals surface area contributed by atoms with Crippen LogP contribution in [0.4, 0.5) is 14.5 Å². The molecule has 1 N–H and O–H groups in total. The molecule has 0 saturated heterocycles. The van der Waals surface area contributed by atoms with Crippen LogP contribution in [0.5, 0.6) is 0 Å². The fraction of sp³-hybridized carbons (Fsp3) is 0.318. The average Bonchev–Trinajstić information content (AvgIpc) is 3.27. The molecule has 1 aromatic carbocycles. The Morgan fingerprint density at radius 2 is 1.87 bits per heavy atom. The Morgan fingerprint density at radius 1 is 1.19 bits per heavy atom. The van der Waals surface area contributed by atoms with Crippen molar-refractivity contribution in [3.05, 3.63) is 57.7 Å². The molecular formula is C22H24F2N4O2S. The third-order valence-electron chi connectivity index (χ3n) is 5.06. The topological polar surface area (TPSA) is 67.2 Å². The van der Waals surface area contributed by atoms with Crippen LogP contribution in [-0.4, -0.2) is 39.4 Å². The molecule has 2 heterocycles. The van der Waals surface area contributed by atoms with Crippen LogP contribution in [0.2, 0.25) is 0 Å². The van der Waals surface area contributed by atoms with Crippen molar-refractivity contribution < 1.29 is 18.4 Å². The second-order valence-electron chi connectivity index (χ2n) is 7.18. The van der Waals surface area contributed by atoms with E-state index in [0.29, 0.717) is 0 Å². The first kappa shape index (κ1) is 22.6. The molecule has 0 fully saturated rings. The Kier molecular flexibility index (Phi) is 6.84. The molecule has 3 rings (SSSR count). The van der Waals surface area contributed by atoms with Crippen molar-refractivity contribution in [3.8, 4) is 11.3 Å². The fourth-order valence-electron chi connectivity index (χ4n) is 3.37. The number of thiazole rings is 1. The molecule has 6 nitrogen and oxygen atoms in total. The number of anilines is 1. The number of hydrogen-bond acceptors (Lipinski definition) is 4. The number of carbonyl (C=O) groups is 2. The smallest absolute Gasteiger partial charge is 0.244 e. The molecule has 0 aliphatic heterocycles. The van der Waals surface area contributed by atoms with Crippen LogP contribution in [0.3, 0.4) is 0 Å². The van der Waals surface area contributed by atoms with E-state index in [1.807, 2.05) is 36.8 Å². The molecule has 2 aromatic heterocycles. The lowest BCUT2D eigenvalue weighted by atomic mass is 10.2. The molecule has 164 valence electrons. The summed E-state index contributed by atoms with van der Waals surface area (Å²) in [5.74, 6) is -2.68. The lowest BCUT2D eigenvalue weighted by Crippen LogP contribution is -2.40. The number of hydrogen-bond donors (Lipinski definition) is 1. The number of aryl methyl sites for hydroxylation is 2. The van der Waals surface area contributed by atoms with Gasteiger partial charge in [0.2, 0.25) is 11.8 Å². The second kappa shape index (κ2) is 9.38. The van der Waals surface area contributed by atoms with Crippen molar-refractivity contribution in [3.63, 3.8) is 0 Å². The summed E-state index contributed by atoms with van der Waals surface area (Å²) in [5.41, 5.74) is 3.13. The Balaban J connectivity index is 1.71. The Labute approximate surface area is 183 Å². The van der Waals surface area contributed by atoms with Gasteiger partial charge in [-0.1, -0.05) is 6.07 Å². The Morgan fingerprint density at radius 3 is 2.45 bits per heavy atom. The van der Waals surface area contributed by atoms with Gasteiger partial charge >= 0.3 is 0 Å². The van der Waals surface area contributed by atoms with Gasteiger partial charge in [0.25, 0.3) is 0 Å². The summed E-state index contributed by atoms with van der Waals surface area (Å²) in [6.45, 7) is 7.54. The van der Waals surface area contributed by atoms with Crippen LogP contribution in [0.1, 0.15) is 23.3 Å². The molecule has 31 heavy (non-hydrogen) atoms. The van der Waals surface area contributed by atoms with Gasteiger partial charge in [0, 0.05) is 28.9 Å². The molecule has 0 radical (unpaired) electrons. The molecule has 0 aliphatic rings. The van der Waals surface area contributed by atoms with E-state index in [-0.39, 0.29) is 25.5 Å². The average molecular weight is 447 g/mol. The normalized spacial score (nSPS) is 10.9. The zero-order valence-corrected chi connectivity index (χ0v) is 18.6. The summed E-state index contributed by atoms with van der Waals surface area (Å²) >= 11 is 1.56. The van der Waals surface area contributed by atoms with Crippen LogP contribution in [0.25, 0.3) is 11.3 Å². The number of halogens is 2. The van der Waals surface area contributed by atoms with Crippen LogP contribution < -0.4 is 5.32 Å². The number of benzene rings is 1. The summed E-state index contributed by atoms with van der Waals surface area (Å²) in [4.78, 5) is 31.1. The van der Waals surface area contributed by atoms with E-state index >= 15 is 0 Å². The molecular weight excluding hydrogens is 422 g/mol. The number of nitrogens with zero attached hydrogens (tertiary/aromatic N) is 3. The zero-order valence-electron chi connectivity index (χ0n) is 17.8. The maximum Gasteiger partial charge on any atom is 0.244 e. The van der Waals surface area contributed by atoms with E-state index in [9.17, 15) is 18.4 Å². The van der Waals surface area contributed by atoms with Gasteiger partial charge in [-0.05, 0) is 45.9 Å². The monoisotopic (exact) mass is 446 g/mol. The van der Waals surface area contributed by atoms with Gasteiger partial charge < -0.3 is 14.8 Å². The van der Waals surface area contributed by atoms with Crippen molar-refractivity contribution in [2.24, 2.45) is 0 Å². The summed E-state index contributed by atoms with van der Waals surface area (Å²) in [6.07, 6.45) is 0. The van der Waals surface area contributed by atoms with E-state index in [2.05, 4.69) is 10.3 Å². The number of aromatic nitrogens is 2. The molecule has 0 aliphatic carbocycles. The van der Waals surface area contributed by atoms with Crippen molar-refractivity contribution in [1.29, 1.82) is 0 Å². The first-order chi connectivity index (χ1) is 14.7. The predicted octanol–water partition coefficient (Wildman–Crippen LogP) is 4.30. The number of carbonyl (C=O) groups excluding carboxylic acids is 2. The van der Waals surface area contributed by atoms with Crippen LogP contribution in [0, 0.1) is 32.4 Å². The van der Waals surface area contributed by atoms with Crippen molar-refractivity contribution >= 4 is 28.8 Å². The molecule has 9 heteroatoms. The van der Waals surface area contributed by atoms with Crippen molar-refractivity contribution in [2.45, 2.75) is 34.2 Å². The summed E-state index contributed by atoms with van der Waals surface area (Å²) in [6, 6.07) is 5.31. The lowest BCUT2D eigenvalue weighted by Gasteiger charge is -2.22. The van der Waals surface area contributed by atoms with E-state index in [4.69, 9.17) is 0 Å². The van der Waals surface area contributed by atoms with E-state index in [1.54, 1.807) is 18.3 Å². The van der Waals surface area contributed by atoms with Gasteiger partial charge in [0.05, 0.1) is 17.2 Å². The minimum atomic E-state index is -0.869. The largest absolute Gasteiger partial charge is 0.339 e. The molecule has 0 bridgehead atoms. The van der Waals surface area contributed by atoms with Gasteiger partial charge in [-0.2, -0.15) is 0 Å². The zero-order chi connectivity index (χ0) is 22.7. The number of nitrogens with one attached hydrogen (secondary N) is 1. The quantitative estimate of drug-likeness (QED) is 0.588. The summed E-state index contributed by atoms with van der Waals surface area (Å²) < 4.78 is 29.4. The van der Waals surface area contributed by atoms with E-state index in [1.165, 1.54) is 11.0 Å². The predicted molar refractivity (Wildman–Crippen MR) is 117 cm³/mol. The number of rotatable bonds is 7. The maximum atomic E-state index is 13.8. The van der Waals surface area contributed by atoms with Gasteiger partial charge in [0.1, 0.15) is 23.9 Å². The Bertz CT molecular complexity index is 1100. The minimum absolute atomic E-state index is 0.0516. The van der Waals surface area contributed by atoms with Crippen LogP contribution >= 0.6 is 11.3 Å². The van der Waals surface area contributed by atoms with E-state index in [0.717, 1.165) is 39.8 Å². The van der Waals surface area contributed by atoms with Gasteiger partial charge in [-0.25, -0.2) is 13.8 Å². The number of para-hydroxylation sites is 1. The molecule has 3 aromatic rings. The van der Waals surface area contributed by atoms with Crippen LogP contribution in [0.15, 0.2) is 29.6 Å². The highest BCUT2D eigenvalue weighted by molar-refractivity contribution is 7.09. The highest BCUT2D eigenvalue weighted by Crippen LogP contribution is 2.28. The number of likely N-dealkylation sites (N-methyl/N-ethyl adjacent to an activating group) is 1. The first-order valence-electron chi connectivity index (χ1n) is 9.82. The molecule has 0 unspecified atom stereocenters. The molecule has 0 spiro atoms.